The summed E-state index contributed by atoms with van der Waals surface area (Å²) in [5, 5.41) is 7.59. The van der Waals surface area contributed by atoms with Crippen molar-refractivity contribution in [2.45, 2.75) is 37.1 Å². The van der Waals surface area contributed by atoms with E-state index in [0.29, 0.717) is 0 Å². The van der Waals surface area contributed by atoms with E-state index < -0.39 is 0 Å². The molecule has 1 atom stereocenters. The Balaban J connectivity index is 1.66. The normalized spacial score (nSPS) is 24.5. The molecule has 2 heterocycles. The first-order valence-electron chi connectivity index (χ1n) is 7.01. The van der Waals surface area contributed by atoms with Crippen molar-refractivity contribution in [3.63, 3.8) is 0 Å². The van der Waals surface area contributed by atoms with Crippen molar-refractivity contribution in [3.8, 4) is 0 Å². The Hall–Kier alpha value is -1.68. The molecule has 1 aliphatic carbocycles. The summed E-state index contributed by atoms with van der Waals surface area (Å²) >= 11 is 0. The van der Waals surface area contributed by atoms with Crippen LogP contribution in [0.1, 0.15) is 49.0 Å². The summed E-state index contributed by atoms with van der Waals surface area (Å²) in [5.41, 5.74) is 1.29. The fourth-order valence-corrected chi connectivity index (χ4v) is 2.98. The predicted molar refractivity (Wildman–Crippen MR) is 70.7 cm³/mol. The smallest absolute Gasteiger partial charge is 0.237 e. The first kappa shape index (κ1) is 11.2. The number of nitrogens with one attached hydrogen (secondary N) is 1. The zero-order chi connectivity index (χ0) is 12.7. The molecule has 1 N–H and O–H groups in total. The summed E-state index contributed by atoms with van der Waals surface area (Å²) in [5.74, 6) is 1.62. The number of hydrogen-bond donors (Lipinski definition) is 1. The van der Waals surface area contributed by atoms with Crippen molar-refractivity contribution in [1.82, 2.24) is 15.5 Å². The van der Waals surface area contributed by atoms with Gasteiger partial charge in [-0.1, -0.05) is 35.5 Å². The third-order valence-corrected chi connectivity index (χ3v) is 4.30. The molecular weight excluding hydrogens is 238 g/mol. The molecule has 1 unspecified atom stereocenters. The lowest BCUT2D eigenvalue weighted by atomic mass is 9.96. The van der Waals surface area contributed by atoms with Crippen LogP contribution in [0.15, 0.2) is 34.9 Å². The largest absolute Gasteiger partial charge is 0.338 e. The first-order chi connectivity index (χ1) is 9.38. The molecular formula is C15H17N3O. The molecule has 2 aliphatic rings. The summed E-state index contributed by atoms with van der Waals surface area (Å²) < 4.78 is 5.56. The minimum Gasteiger partial charge on any atom is -0.338 e. The molecule has 4 nitrogen and oxygen atoms in total. The molecule has 4 rings (SSSR count). The summed E-state index contributed by atoms with van der Waals surface area (Å²) in [7, 11) is 0. The predicted octanol–water partition coefficient (Wildman–Crippen LogP) is 2.57. The van der Waals surface area contributed by atoms with Gasteiger partial charge in [0, 0.05) is 0 Å². The molecule has 1 saturated carbocycles. The lowest BCUT2D eigenvalue weighted by molar-refractivity contribution is 0.351. The highest BCUT2D eigenvalue weighted by atomic mass is 16.5. The fraction of sp³-hybridized carbons (Fsp3) is 0.467. The van der Waals surface area contributed by atoms with Gasteiger partial charge in [-0.15, -0.1) is 0 Å². The van der Waals surface area contributed by atoms with E-state index in [-0.39, 0.29) is 11.5 Å². The van der Waals surface area contributed by atoms with E-state index in [4.69, 9.17) is 4.52 Å². The molecule has 4 heteroatoms. The van der Waals surface area contributed by atoms with Gasteiger partial charge in [-0.3, -0.25) is 0 Å². The van der Waals surface area contributed by atoms with E-state index in [1.54, 1.807) is 0 Å². The van der Waals surface area contributed by atoms with E-state index in [1.807, 2.05) is 6.07 Å². The molecule has 1 saturated heterocycles. The molecule has 0 bridgehead atoms. The van der Waals surface area contributed by atoms with Crippen LogP contribution in [0.2, 0.25) is 0 Å². The minimum atomic E-state index is -0.00882. The van der Waals surface area contributed by atoms with Crippen molar-refractivity contribution in [2.75, 3.05) is 6.54 Å². The van der Waals surface area contributed by atoms with E-state index in [0.717, 1.165) is 37.5 Å². The summed E-state index contributed by atoms with van der Waals surface area (Å²) in [6, 6.07) is 10.8. The quantitative estimate of drug-likeness (QED) is 0.915. The van der Waals surface area contributed by atoms with Gasteiger partial charge in [0.1, 0.15) is 0 Å². The highest BCUT2D eigenvalue weighted by Gasteiger charge is 2.51. The molecule has 0 amide bonds. The summed E-state index contributed by atoms with van der Waals surface area (Å²) in [4.78, 5) is 4.66. The van der Waals surface area contributed by atoms with Crippen molar-refractivity contribution in [1.29, 1.82) is 0 Å². The van der Waals surface area contributed by atoms with Crippen LogP contribution in [-0.4, -0.2) is 16.7 Å². The van der Waals surface area contributed by atoms with E-state index >= 15 is 0 Å². The lowest BCUT2D eigenvalue weighted by Gasteiger charge is -2.09. The summed E-state index contributed by atoms with van der Waals surface area (Å²) in [6.07, 6.45) is 4.52. The van der Waals surface area contributed by atoms with Gasteiger partial charge in [-0.05, 0) is 37.8 Å². The maximum atomic E-state index is 5.56. The van der Waals surface area contributed by atoms with Gasteiger partial charge in [0.05, 0.1) is 11.5 Å². The van der Waals surface area contributed by atoms with Gasteiger partial charge in [0.15, 0.2) is 5.82 Å². The number of hydrogen-bond acceptors (Lipinski definition) is 4. The number of rotatable bonds is 3. The van der Waals surface area contributed by atoms with Gasteiger partial charge in [-0.25, -0.2) is 0 Å². The number of nitrogens with zero attached hydrogens (tertiary/aromatic N) is 2. The molecule has 0 radical (unpaired) electrons. The Labute approximate surface area is 112 Å². The average molecular weight is 255 g/mol. The fourth-order valence-electron chi connectivity index (χ4n) is 2.98. The average Bonchev–Trinajstić information content (AvgIpc) is 2.92. The Morgan fingerprint density at radius 1 is 1.21 bits per heavy atom. The van der Waals surface area contributed by atoms with E-state index in [1.165, 1.54) is 12.0 Å². The molecule has 0 spiro atoms. The first-order valence-corrected chi connectivity index (χ1v) is 7.01. The highest BCUT2D eigenvalue weighted by molar-refractivity contribution is 5.38. The molecule has 1 aromatic carbocycles. The van der Waals surface area contributed by atoms with Gasteiger partial charge < -0.3 is 9.84 Å². The Morgan fingerprint density at radius 3 is 2.74 bits per heavy atom. The van der Waals surface area contributed by atoms with Crippen LogP contribution in [0.25, 0.3) is 0 Å². The zero-order valence-corrected chi connectivity index (χ0v) is 10.8. The molecule has 1 aromatic heterocycles. The second-order valence-corrected chi connectivity index (χ2v) is 5.55. The van der Waals surface area contributed by atoms with Crippen molar-refractivity contribution < 1.29 is 4.52 Å². The van der Waals surface area contributed by atoms with Crippen molar-refractivity contribution in [3.05, 3.63) is 47.6 Å². The number of benzene rings is 1. The van der Waals surface area contributed by atoms with E-state index in [2.05, 4.69) is 39.7 Å². The van der Waals surface area contributed by atoms with Gasteiger partial charge in [0.25, 0.3) is 0 Å². The highest BCUT2D eigenvalue weighted by Crippen LogP contribution is 2.52. The maximum absolute atomic E-state index is 5.56. The monoisotopic (exact) mass is 255 g/mol. The van der Waals surface area contributed by atoms with Crippen LogP contribution in [0.4, 0.5) is 0 Å². The topological polar surface area (TPSA) is 51.0 Å². The second kappa shape index (κ2) is 4.17. The molecule has 1 aliphatic heterocycles. The zero-order valence-electron chi connectivity index (χ0n) is 10.8. The maximum Gasteiger partial charge on any atom is 0.237 e. The van der Waals surface area contributed by atoms with Crippen LogP contribution in [0.3, 0.4) is 0 Å². The van der Waals surface area contributed by atoms with Crippen molar-refractivity contribution in [2.24, 2.45) is 0 Å². The molecule has 2 fully saturated rings. The van der Waals surface area contributed by atoms with Gasteiger partial charge >= 0.3 is 0 Å². The van der Waals surface area contributed by atoms with E-state index in [9.17, 15) is 0 Å². The molecule has 98 valence electrons. The van der Waals surface area contributed by atoms with Crippen LogP contribution >= 0.6 is 0 Å². The summed E-state index contributed by atoms with van der Waals surface area (Å²) in [6.45, 7) is 1.05. The Morgan fingerprint density at radius 2 is 2.05 bits per heavy atom. The second-order valence-electron chi connectivity index (χ2n) is 5.55. The van der Waals surface area contributed by atoms with Crippen LogP contribution < -0.4 is 5.32 Å². The minimum absolute atomic E-state index is 0.00882. The lowest BCUT2D eigenvalue weighted by Crippen LogP contribution is -2.15. The van der Waals surface area contributed by atoms with Crippen LogP contribution in [-0.2, 0) is 5.41 Å². The van der Waals surface area contributed by atoms with Gasteiger partial charge in [0.2, 0.25) is 5.89 Å². The van der Waals surface area contributed by atoms with Crippen molar-refractivity contribution >= 4 is 0 Å². The SMILES string of the molecule is c1ccc(C2(c3nc(C4CCCN4)no3)CC2)cc1. The van der Waals surface area contributed by atoms with Crippen LogP contribution in [0, 0.1) is 0 Å². The standard InChI is InChI=1S/C15H17N3O/c1-2-5-11(6-3-1)15(8-9-15)14-17-13(18-19-14)12-7-4-10-16-12/h1-3,5-6,12,16H,4,7-10H2. The Kier molecular flexibility index (Phi) is 2.45. The third-order valence-electron chi connectivity index (χ3n) is 4.30. The van der Waals surface area contributed by atoms with Gasteiger partial charge in [-0.2, -0.15) is 4.98 Å². The molecule has 19 heavy (non-hydrogen) atoms. The van der Waals surface area contributed by atoms with Crippen LogP contribution in [0.5, 0.6) is 0 Å². The Bertz CT molecular complexity index is 568. The molecule has 2 aromatic rings. The third kappa shape index (κ3) is 1.78. The number of aromatic nitrogens is 2.